The van der Waals surface area contributed by atoms with E-state index in [1.165, 1.54) is 11.0 Å². The largest absolute Gasteiger partial charge is 0.349 e. The van der Waals surface area contributed by atoms with Crippen molar-refractivity contribution in [1.29, 1.82) is 0 Å². The van der Waals surface area contributed by atoms with Crippen molar-refractivity contribution in [3.8, 4) is 0 Å². The summed E-state index contributed by atoms with van der Waals surface area (Å²) in [6.07, 6.45) is 0. The summed E-state index contributed by atoms with van der Waals surface area (Å²) in [7, 11) is -0.165. The molecule has 1 aromatic heterocycles. The topological polar surface area (TPSA) is 96.7 Å². The summed E-state index contributed by atoms with van der Waals surface area (Å²) in [5.74, 6) is 0.760. The number of aryl methyl sites for hydroxylation is 1. The maximum absolute atomic E-state index is 12.4. The van der Waals surface area contributed by atoms with Gasteiger partial charge in [-0.05, 0) is 24.3 Å². The van der Waals surface area contributed by atoms with Crippen LogP contribution < -0.4 is 5.32 Å². The zero-order valence-electron chi connectivity index (χ0n) is 15.5. The fraction of sp³-hybridized carbons (Fsp3) is 0.211. The number of hydrogen-bond donors (Lipinski definition) is 1. The quantitative estimate of drug-likeness (QED) is 0.715. The Morgan fingerprint density at radius 3 is 2.64 bits per heavy atom. The number of imidazole rings is 1. The van der Waals surface area contributed by atoms with Crippen LogP contribution in [0.4, 0.5) is 0 Å². The van der Waals surface area contributed by atoms with Crippen molar-refractivity contribution in [2.75, 3.05) is 13.6 Å². The van der Waals surface area contributed by atoms with Crippen LogP contribution in [0.5, 0.6) is 0 Å². The van der Waals surface area contributed by atoms with Gasteiger partial charge in [-0.15, -0.1) is 4.40 Å². The normalized spacial score (nSPS) is 14.6. The first kappa shape index (κ1) is 18.2. The van der Waals surface area contributed by atoms with Crippen molar-refractivity contribution in [2.45, 2.75) is 11.4 Å². The smallest absolute Gasteiger partial charge is 0.285 e. The van der Waals surface area contributed by atoms with Crippen LogP contribution in [0.3, 0.4) is 0 Å². The van der Waals surface area contributed by atoms with E-state index in [4.69, 9.17) is 0 Å². The Kier molecular flexibility index (Phi) is 4.38. The lowest BCUT2D eigenvalue weighted by Gasteiger charge is -2.18. The second-order valence-electron chi connectivity index (χ2n) is 6.59. The van der Waals surface area contributed by atoms with Crippen molar-refractivity contribution in [3.63, 3.8) is 0 Å². The number of amides is 1. The first-order valence-electron chi connectivity index (χ1n) is 8.69. The van der Waals surface area contributed by atoms with Crippen LogP contribution in [0.1, 0.15) is 11.4 Å². The van der Waals surface area contributed by atoms with Gasteiger partial charge in [0.1, 0.15) is 10.7 Å². The molecule has 0 radical (unpaired) electrons. The SMILES string of the molecule is CN(CC(=O)NCc1nc2ccccc2n1C)C1=NS(=O)(=O)c2ccccc21. The minimum absolute atomic E-state index is 0.0212. The Morgan fingerprint density at radius 1 is 1.14 bits per heavy atom. The van der Waals surface area contributed by atoms with E-state index in [2.05, 4.69) is 14.7 Å². The van der Waals surface area contributed by atoms with E-state index >= 15 is 0 Å². The van der Waals surface area contributed by atoms with Crippen molar-refractivity contribution < 1.29 is 13.2 Å². The van der Waals surface area contributed by atoms with Crippen LogP contribution in [0.25, 0.3) is 11.0 Å². The third-order valence-electron chi connectivity index (χ3n) is 4.68. The zero-order chi connectivity index (χ0) is 19.9. The molecule has 4 rings (SSSR count). The summed E-state index contributed by atoms with van der Waals surface area (Å²) in [6, 6.07) is 14.3. The summed E-state index contributed by atoms with van der Waals surface area (Å²) < 4.78 is 30.1. The summed E-state index contributed by atoms with van der Waals surface area (Å²) in [4.78, 5) is 18.6. The van der Waals surface area contributed by atoms with Gasteiger partial charge in [0.2, 0.25) is 5.91 Å². The van der Waals surface area contributed by atoms with E-state index < -0.39 is 10.0 Å². The third-order valence-corrected chi connectivity index (χ3v) is 6.00. The van der Waals surface area contributed by atoms with Crippen LogP contribution in [-0.4, -0.2) is 48.2 Å². The number of benzene rings is 2. The van der Waals surface area contributed by atoms with Gasteiger partial charge in [0, 0.05) is 19.7 Å². The molecule has 0 spiro atoms. The Bertz CT molecular complexity index is 1210. The Hall–Kier alpha value is -3.20. The van der Waals surface area contributed by atoms with Gasteiger partial charge < -0.3 is 14.8 Å². The van der Waals surface area contributed by atoms with E-state index in [1.54, 1.807) is 25.2 Å². The molecule has 0 bridgehead atoms. The van der Waals surface area contributed by atoms with Gasteiger partial charge in [0.25, 0.3) is 10.0 Å². The van der Waals surface area contributed by atoms with Crippen molar-refractivity contribution in [2.24, 2.45) is 11.4 Å². The number of fused-ring (bicyclic) bond motifs is 2. The minimum atomic E-state index is -3.71. The fourth-order valence-electron chi connectivity index (χ4n) is 3.24. The molecule has 0 saturated carbocycles. The standard InChI is InChI=1S/C19H19N5O3S/c1-23(19-13-7-3-6-10-16(13)28(26,27)22-19)12-18(25)20-11-17-21-14-8-4-5-9-15(14)24(17)2/h3-10H,11-12H2,1-2H3,(H,20,25). The molecule has 0 fully saturated rings. The number of likely N-dealkylation sites (N-methyl/N-ethyl adjacent to an activating group) is 1. The second kappa shape index (κ2) is 6.75. The molecule has 0 unspecified atom stereocenters. The highest BCUT2D eigenvalue weighted by Gasteiger charge is 2.30. The first-order valence-corrected chi connectivity index (χ1v) is 10.1. The van der Waals surface area contributed by atoms with Gasteiger partial charge in [-0.3, -0.25) is 4.79 Å². The molecule has 0 saturated heterocycles. The van der Waals surface area contributed by atoms with Crippen LogP contribution in [-0.2, 0) is 28.4 Å². The molecule has 8 nitrogen and oxygen atoms in total. The number of rotatable bonds is 4. The Labute approximate surface area is 162 Å². The first-order chi connectivity index (χ1) is 13.4. The highest BCUT2D eigenvalue weighted by Crippen LogP contribution is 2.26. The molecule has 0 atom stereocenters. The molecule has 1 aliphatic heterocycles. The minimum Gasteiger partial charge on any atom is -0.349 e. The Balaban J connectivity index is 1.45. The molecule has 2 heterocycles. The molecule has 2 aromatic carbocycles. The fourth-order valence-corrected chi connectivity index (χ4v) is 4.49. The molecule has 0 aliphatic carbocycles. The lowest BCUT2D eigenvalue weighted by molar-refractivity contribution is -0.121. The average molecular weight is 397 g/mol. The average Bonchev–Trinajstić information content (AvgIpc) is 3.15. The van der Waals surface area contributed by atoms with Crippen molar-refractivity contribution >= 4 is 32.8 Å². The van der Waals surface area contributed by atoms with Gasteiger partial charge in [0.15, 0.2) is 5.84 Å². The van der Waals surface area contributed by atoms with Gasteiger partial charge in [-0.2, -0.15) is 8.42 Å². The molecule has 28 heavy (non-hydrogen) atoms. The van der Waals surface area contributed by atoms with Gasteiger partial charge >= 0.3 is 0 Å². The highest BCUT2D eigenvalue weighted by molar-refractivity contribution is 7.90. The number of aromatic nitrogens is 2. The molecule has 1 amide bonds. The molecule has 1 aliphatic rings. The number of carbonyl (C=O) groups excluding carboxylic acids is 1. The Morgan fingerprint density at radius 2 is 1.86 bits per heavy atom. The van der Waals surface area contributed by atoms with E-state index in [1.807, 2.05) is 35.9 Å². The van der Waals surface area contributed by atoms with Gasteiger partial charge in [-0.1, -0.05) is 24.3 Å². The number of nitrogens with one attached hydrogen (secondary N) is 1. The van der Waals surface area contributed by atoms with Crippen LogP contribution in [0.2, 0.25) is 0 Å². The van der Waals surface area contributed by atoms with E-state index in [9.17, 15) is 13.2 Å². The predicted molar refractivity (Wildman–Crippen MR) is 105 cm³/mol. The number of carbonyl (C=O) groups is 1. The van der Waals surface area contributed by atoms with Crippen LogP contribution >= 0.6 is 0 Å². The summed E-state index contributed by atoms with van der Waals surface area (Å²) in [5, 5.41) is 2.83. The van der Waals surface area contributed by atoms with Gasteiger partial charge in [0.05, 0.1) is 24.1 Å². The second-order valence-corrected chi connectivity index (χ2v) is 8.17. The molecule has 9 heteroatoms. The van der Waals surface area contributed by atoms with Crippen LogP contribution in [0, 0.1) is 0 Å². The summed E-state index contributed by atoms with van der Waals surface area (Å²) >= 11 is 0. The number of hydrogen-bond acceptors (Lipinski definition) is 5. The van der Waals surface area contributed by atoms with Crippen molar-refractivity contribution in [3.05, 3.63) is 59.9 Å². The van der Waals surface area contributed by atoms with Gasteiger partial charge in [-0.25, -0.2) is 4.98 Å². The number of para-hydroxylation sites is 2. The molecular weight excluding hydrogens is 378 g/mol. The predicted octanol–water partition coefficient (Wildman–Crippen LogP) is 1.27. The number of amidine groups is 1. The number of sulfonamides is 1. The van der Waals surface area contributed by atoms with Crippen LogP contribution in [0.15, 0.2) is 57.8 Å². The lowest BCUT2D eigenvalue weighted by Crippen LogP contribution is -2.38. The number of nitrogens with zero attached hydrogens (tertiary/aromatic N) is 4. The van der Waals surface area contributed by atoms with E-state index in [-0.39, 0.29) is 29.7 Å². The molecular formula is C19H19N5O3S. The van der Waals surface area contributed by atoms with E-state index in [0.29, 0.717) is 5.56 Å². The molecule has 3 aromatic rings. The summed E-state index contributed by atoms with van der Waals surface area (Å²) in [6.45, 7) is 0.256. The van der Waals surface area contributed by atoms with E-state index in [0.717, 1.165) is 16.9 Å². The summed E-state index contributed by atoms with van der Waals surface area (Å²) in [5.41, 5.74) is 2.37. The molecule has 1 N–H and O–H groups in total. The zero-order valence-corrected chi connectivity index (χ0v) is 16.3. The molecule has 144 valence electrons. The lowest BCUT2D eigenvalue weighted by atomic mass is 10.2. The maximum atomic E-state index is 12.4. The maximum Gasteiger partial charge on any atom is 0.285 e. The van der Waals surface area contributed by atoms with Crippen molar-refractivity contribution in [1.82, 2.24) is 19.8 Å². The third kappa shape index (κ3) is 3.13. The monoisotopic (exact) mass is 397 g/mol. The highest BCUT2D eigenvalue weighted by atomic mass is 32.2.